The first-order valence-corrected chi connectivity index (χ1v) is 19.2. The highest BCUT2D eigenvalue weighted by molar-refractivity contribution is 9.10. The molecule has 6 aromatic rings. The average molecular weight is 865 g/mol. The predicted molar refractivity (Wildman–Crippen MR) is 211 cm³/mol. The van der Waals surface area contributed by atoms with Crippen molar-refractivity contribution in [3.63, 3.8) is 0 Å². The smallest absolute Gasteiger partial charge is 0.338 e. The van der Waals surface area contributed by atoms with Crippen LogP contribution in [0, 0.1) is 10.1 Å². The highest BCUT2D eigenvalue weighted by Gasteiger charge is 2.37. The van der Waals surface area contributed by atoms with Gasteiger partial charge < -0.3 is 9.47 Å². The molecule has 0 radical (unpaired) electrons. The van der Waals surface area contributed by atoms with E-state index in [0.29, 0.717) is 58.8 Å². The fourth-order valence-corrected chi connectivity index (χ4v) is 8.53. The second kappa shape index (κ2) is 15.7. The number of aromatic nitrogens is 4. The van der Waals surface area contributed by atoms with Gasteiger partial charge in [0.15, 0.2) is 10.6 Å². The van der Waals surface area contributed by atoms with Crippen molar-refractivity contribution in [2.45, 2.75) is 23.0 Å². The van der Waals surface area contributed by atoms with Gasteiger partial charge in [0.05, 0.1) is 44.4 Å². The van der Waals surface area contributed by atoms with Gasteiger partial charge in [-0.15, -0.1) is 5.10 Å². The zero-order valence-corrected chi connectivity index (χ0v) is 32.8. The highest BCUT2D eigenvalue weighted by atomic mass is 79.9. The van der Waals surface area contributed by atoms with Crippen molar-refractivity contribution in [2.24, 2.45) is 4.99 Å². The lowest BCUT2D eigenvalue weighted by Gasteiger charge is -2.27. The SMILES string of the molecule is CCOC(=O)C1=C(c2ccccc2)N=c2s/c(=C\c3ccc(Sc4n[nH]c(-c5ccc(Cl)cc5Cl)n4)c([N+](=O)[O-])c3)c(=O)n2[C@H]1c1cc(Br)ccc1OC. The number of aromatic amines is 1. The van der Waals surface area contributed by atoms with Gasteiger partial charge in [-0.25, -0.2) is 14.8 Å². The summed E-state index contributed by atoms with van der Waals surface area (Å²) in [5.41, 5.74) is 1.96. The van der Waals surface area contributed by atoms with Crippen LogP contribution in [0.3, 0.4) is 0 Å². The summed E-state index contributed by atoms with van der Waals surface area (Å²) in [6, 6.07) is 23.0. The maximum atomic E-state index is 14.4. The number of ether oxygens (including phenoxy) is 2. The van der Waals surface area contributed by atoms with E-state index in [1.807, 2.05) is 30.3 Å². The molecule has 0 saturated heterocycles. The number of methoxy groups -OCH3 is 1. The number of rotatable bonds is 10. The predicted octanol–water partition coefficient (Wildman–Crippen LogP) is 7.86. The first kappa shape index (κ1) is 37.3. The number of hydrogen-bond acceptors (Lipinski definition) is 11. The van der Waals surface area contributed by atoms with Crippen molar-refractivity contribution in [3.05, 3.63) is 152 Å². The molecule has 7 rings (SSSR count). The van der Waals surface area contributed by atoms with Crippen molar-refractivity contribution in [2.75, 3.05) is 13.7 Å². The third-order valence-electron chi connectivity index (χ3n) is 8.19. The zero-order chi connectivity index (χ0) is 38.1. The molecule has 0 saturated carbocycles. The van der Waals surface area contributed by atoms with E-state index in [4.69, 9.17) is 37.7 Å². The first-order chi connectivity index (χ1) is 26.1. The number of nitro benzene ring substituents is 1. The lowest BCUT2D eigenvalue weighted by Crippen LogP contribution is -2.40. The van der Waals surface area contributed by atoms with Gasteiger partial charge in [0, 0.05) is 32.3 Å². The molecule has 1 atom stereocenters. The third kappa shape index (κ3) is 7.37. The van der Waals surface area contributed by atoms with E-state index in [2.05, 4.69) is 31.1 Å². The number of nitro groups is 1. The van der Waals surface area contributed by atoms with Crippen molar-refractivity contribution >= 4 is 85.7 Å². The van der Waals surface area contributed by atoms with E-state index < -0.39 is 22.5 Å². The number of nitrogens with zero attached hydrogens (tertiary/aromatic N) is 5. The summed E-state index contributed by atoms with van der Waals surface area (Å²) in [5, 5.41) is 20.4. The number of nitrogens with one attached hydrogen (secondary N) is 1. The zero-order valence-electron chi connectivity index (χ0n) is 28.1. The van der Waals surface area contributed by atoms with Gasteiger partial charge in [-0.05, 0) is 72.8 Å². The summed E-state index contributed by atoms with van der Waals surface area (Å²) in [5.74, 6) is 0.168. The number of halogens is 3. The monoisotopic (exact) mass is 862 g/mol. The molecular weight excluding hydrogens is 839 g/mol. The number of hydrogen-bond donors (Lipinski definition) is 1. The standard InChI is InChI=1S/C37H25BrCl2N6O6S2/c1-3-52-35(48)30-31(20-7-5-4-6-8-20)41-37-45(32(30)24-17-21(38)10-13-27(24)51-2)34(47)29(54-37)16-19-9-14-28(26(15-19)46(49)50)53-36-42-33(43-44-36)23-12-11-22(39)18-25(23)40/h4-18,32H,3H2,1-2H3,(H,42,43,44)/b29-16-/t32-/m0/s1. The maximum Gasteiger partial charge on any atom is 0.338 e. The van der Waals surface area contributed by atoms with Gasteiger partial charge in [-0.2, -0.15) is 0 Å². The van der Waals surface area contributed by atoms with Crippen LogP contribution in [0.2, 0.25) is 10.0 Å². The van der Waals surface area contributed by atoms with E-state index in [0.717, 1.165) is 23.1 Å². The average Bonchev–Trinajstić information content (AvgIpc) is 3.75. The number of thiazole rings is 1. The lowest BCUT2D eigenvalue weighted by atomic mass is 9.92. The molecule has 0 fully saturated rings. The molecule has 1 aliphatic rings. The number of fused-ring (bicyclic) bond motifs is 1. The quantitative estimate of drug-likeness (QED) is 0.0824. The minimum Gasteiger partial charge on any atom is -0.496 e. The maximum absolute atomic E-state index is 14.4. The van der Waals surface area contributed by atoms with Crippen LogP contribution >= 0.6 is 62.2 Å². The Bertz CT molecular complexity index is 2680. The summed E-state index contributed by atoms with van der Waals surface area (Å²) in [7, 11) is 1.51. The third-order valence-corrected chi connectivity index (χ3v) is 11.1. The Morgan fingerprint density at radius 2 is 1.91 bits per heavy atom. The van der Waals surface area contributed by atoms with Crippen molar-refractivity contribution < 1.29 is 19.2 Å². The molecule has 272 valence electrons. The Morgan fingerprint density at radius 3 is 2.63 bits per heavy atom. The number of carbonyl (C=O) groups is 1. The van der Waals surface area contributed by atoms with E-state index >= 15 is 0 Å². The van der Waals surface area contributed by atoms with Crippen LogP contribution in [0.4, 0.5) is 5.69 Å². The van der Waals surface area contributed by atoms with Crippen LogP contribution in [0.25, 0.3) is 23.2 Å². The van der Waals surface area contributed by atoms with Crippen LogP contribution in [0.15, 0.2) is 115 Å². The Morgan fingerprint density at radius 1 is 1.11 bits per heavy atom. The molecule has 4 aromatic carbocycles. The summed E-state index contributed by atoms with van der Waals surface area (Å²) < 4.78 is 13.6. The van der Waals surface area contributed by atoms with E-state index in [1.54, 1.807) is 61.5 Å². The Hall–Kier alpha value is -5.06. The van der Waals surface area contributed by atoms with E-state index in [9.17, 15) is 19.7 Å². The van der Waals surface area contributed by atoms with E-state index in [-0.39, 0.29) is 32.5 Å². The number of benzene rings is 4. The van der Waals surface area contributed by atoms with Crippen molar-refractivity contribution in [1.29, 1.82) is 0 Å². The molecule has 1 aliphatic heterocycles. The van der Waals surface area contributed by atoms with Gasteiger partial charge >= 0.3 is 5.97 Å². The second-order valence-electron chi connectivity index (χ2n) is 11.5. The Balaban J connectivity index is 1.34. The van der Waals surface area contributed by atoms with Gasteiger partial charge in [-0.3, -0.25) is 24.6 Å². The van der Waals surface area contributed by atoms with Gasteiger partial charge in [0.1, 0.15) is 11.8 Å². The van der Waals surface area contributed by atoms with Crippen molar-refractivity contribution in [3.8, 4) is 17.1 Å². The normalized spacial score (nSPS) is 14.1. The number of H-pyrrole nitrogens is 1. The molecule has 0 bridgehead atoms. The first-order valence-electron chi connectivity index (χ1n) is 16.0. The van der Waals surface area contributed by atoms with E-state index in [1.165, 1.54) is 17.7 Å². The summed E-state index contributed by atoms with van der Waals surface area (Å²) >= 11 is 18.0. The number of carbonyl (C=O) groups excluding carboxylic acids is 1. The lowest BCUT2D eigenvalue weighted by molar-refractivity contribution is -0.387. The largest absolute Gasteiger partial charge is 0.496 e. The fourth-order valence-electron chi connectivity index (χ4n) is 5.85. The minimum absolute atomic E-state index is 0.0955. The highest BCUT2D eigenvalue weighted by Crippen LogP contribution is 2.40. The summed E-state index contributed by atoms with van der Waals surface area (Å²) in [6.07, 6.45) is 1.56. The van der Waals surface area contributed by atoms with Crippen molar-refractivity contribution in [1.82, 2.24) is 19.7 Å². The topological polar surface area (TPSA) is 155 Å². The molecule has 2 aromatic heterocycles. The van der Waals surface area contributed by atoms with Gasteiger partial charge in [-0.1, -0.05) is 86.9 Å². The van der Waals surface area contributed by atoms with Crippen LogP contribution in [0.5, 0.6) is 5.75 Å². The molecule has 1 N–H and O–H groups in total. The van der Waals surface area contributed by atoms with Crippen LogP contribution in [-0.4, -0.2) is 44.4 Å². The Kier molecular flexibility index (Phi) is 10.9. The molecule has 0 amide bonds. The molecule has 54 heavy (non-hydrogen) atoms. The molecular formula is C37H25BrCl2N6O6S2. The molecule has 0 spiro atoms. The minimum atomic E-state index is -0.993. The number of esters is 1. The fraction of sp³-hybridized carbons (Fsp3) is 0.108. The molecule has 0 unspecified atom stereocenters. The molecule has 12 nitrogen and oxygen atoms in total. The summed E-state index contributed by atoms with van der Waals surface area (Å²) in [4.78, 5) is 50.0. The second-order valence-corrected chi connectivity index (χ2v) is 15.3. The van der Waals surface area contributed by atoms with Crippen LogP contribution < -0.4 is 19.6 Å². The Labute approximate surface area is 333 Å². The summed E-state index contributed by atoms with van der Waals surface area (Å²) in [6.45, 7) is 1.80. The van der Waals surface area contributed by atoms with Crippen LogP contribution in [0.1, 0.15) is 29.7 Å². The van der Waals surface area contributed by atoms with Crippen LogP contribution in [-0.2, 0) is 9.53 Å². The molecule has 3 heterocycles. The molecule has 17 heteroatoms. The van der Waals surface area contributed by atoms with Gasteiger partial charge in [0.2, 0.25) is 5.16 Å². The molecule has 0 aliphatic carbocycles. The van der Waals surface area contributed by atoms with Gasteiger partial charge in [0.25, 0.3) is 11.2 Å².